The number of nitrogens with one attached hydrogen (secondary N) is 3. The molecule has 0 spiro atoms. The van der Waals surface area contributed by atoms with E-state index < -0.39 is 18.0 Å². The van der Waals surface area contributed by atoms with Gasteiger partial charge in [-0.3, -0.25) is 19.8 Å². The smallest absolute Gasteiger partial charge is 0.324 e. The topological polar surface area (TPSA) is 180 Å². The van der Waals surface area contributed by atoms with Gasteiger partial charge in [-0.25, -0.2) is 23.9 Å². The monoisotopic (exact) mass is 947 g/mol. The van der Waals surface area contributed by atoms with E-state index in [-0.39, 0.29) is 62.0 Å². The minimum atomic E-state index is -0.584. The number of ether oxygens (including phenoxy) is 1. The van der Waals surface area contributed by atoms with Crippen molar-refractivity contribution in [3.63, 3.8) is 0 Å². The van der Waals surface area contributed by atoms with Crippen molar-refractivity contribution >= 4 is 40.6 Å². The summed E-state index contributed by atoms with van der Waals surface area (Å²) in [7, 11) is 0. The highest BCUT2D eigenvalue weighted by atomic mass is 19.1. The van der Waals surface area contributed by atoms with Gasteiger partial charge in [0.2, 0.25) is 5.91 Å². The lowest BCUT2D eigenvalue weighted by molar-refractivity contribution is -0.125. The zero-order valence-corrected chi connectivity index (χ0v) is 40.4. The third kappa shape index (κ3) is 12.1. The molecule has 4 N–H and O–H groups in total. The van der Waals surface area contributed by atoms with Crippen molar-refractivity contribution in [3.8, 4) is 22.5 Å². The maximum atomic E-state index is 15.2. The van der Waals surface area contributed by atoms with E-state index in [1.54, 1.807) is 29.0 Å². The number of amides is 6. The molecule has 0 unspecified atom stereocenters. The van der Waals surface area contributed by atoms with Crippen molar-refractivity contribution in [2.24, 2.45) is 11.8 Å². The Labute approximate surface area is 403 Å². The second kappa shape index (κ2) is 22.2. The lowest BCUT2D eigenvalue weighted by Crippen LogP contribution is -2.50. The van der Waals surface area contributed by atoms with Crippen LogP contribution in [0.25, 0.3) is 33.5 Å². The number of fused-ring (bicyclic) bond motifs is 1. The van der Waals surface area contributed by atoms with Crippen molar-refractivity contribution in [2.45, 2.75) is 91.1 Å². The molecule has 6 amide bonds. The number of β-amino-alcohol motifs (C(OH)–C–C–N with tert-alkyl or cyclic N) is 1. The van der Waals surface area contributed by atoms with E-state index in [2.05, 4.69) is 80.1 Å². The summed E-state index contributed by atoms with van der Waals surface area (Å²) in [5, 5.41) is 16.5. The Bertz CT molecular complexity index is 2530. The number of imide groups is 1. The van der Waals surface area contributed by atoms with Crippen LogP contribution in [-0.2, 0) is 20.9 Å². The van der Waals surface area contributed by atoms with E-state index in [9.17, 15) is 24.3 Å². The van der Waals surface area contributed by atoms with Crippen LogP contribution in [0.1, 0.15) is 70.4 Å². The lowest BCUT2D eigenvalue weighted by Gasteiger charge is -2.37. The van der Waals surface area contributed by atoms with Gasteiger partial charge in [-0.2, -0.15) is 0 Å². The summed E-state index contributed by atoms with van der Waals surface area (Å²) in [6, 6.07) is 12.4. The molecule has 2 atom stereocenters. The normalized spacial score (nSPS) is 20.2. The molecule has 2 aromatic carbocycles. The number of aromatic nitrogens is 3. The summed E-state index contributed by atoms with van der Waals surface area (Å²) in [6.45, 7) is 18.6. The molecule has 8 rings (SSSR count). The van der Waals surface area contributed by atoms with Crippen molar-refractivity contribution in [1.82, 2.24) is 44.8 Å². The van der Waals surface area contributed by atoms with Crippen LogP contribution in [0.5, 0.6) is 0 Å². The number of hydrogen-bond donors (Lipinski definition) is 4. The molecule has 4 aromatic rings. The van der Waals surface area contributed by atoms with E-state index in [1.807, 2.05) is 13.0 Å². The first-order valence-corrected chi connectivity index (χ1v) is 24.5. The van der Waals surface area contributed by atoms with Crippen LogP contribution in [0, 0.1) is 24.6 Å². The highest BCUT2D eigenvalue weighted by Crippen LogP contribution is 2.35. The number of piperidine rings is 2. The Balaban J connectivity index is 0.789. The number of rotatable bonds is 16. The molecule has 0 radical (unpaired) electrons. The molecule has 4 aliphatic heterocycles. The van der Waals surface area contributed by atoms with Crippen LogP contribution in [0.15, 0.2) is 73.2 Å². The fraction of sp³-hybridized carbons (Fsp3) is 0.500. The molecule has 0 aliphatic carbocycles. The van der Waals surface area contributed by atoms with Crippen LogP contribution in [-0.4, -0.2) is 152 Å². The molecule has 2 aromatic heterocycles. The van der Waals surface area contributed by atoms with Gasteiger partial charge in [0.05, 0.1) is 30.6 Å². The molecular weight excluding hydrogens is 880 g/mol. The predicted molar refractivity (Wildman–Crippen MR) is 263 cm³/mol. The Morgan fingerprint density at radius 2 is 1.71 bits per heavy atom. The number of H-pyrrole nitrogens is 1. The highest BCUT2D eigenvalue weighted by Gasteiger charge is 2.35. The number of aliphatic hydroxyl groups excluding tert-OH is 1. The third-order valence-electron chi connectivity index (χ3n) is 14.2. The number of anilines is 1. The van der Waals surface area contributed by atoms with E-state index >= 15 is 4.39 Å². The van der Waals surface area contributed by atoms with Crippen LogP contribution in [0.3, 0.4) is 0 Å². The fourth-order valence-corrected chi connectivity index (χ4v) is 10.2. The first-order chi connectivity index (χ1) is 33.2. The second-order valence-corrected chi connectivity index (χ2v) is 19.5. The number of allylic oxidation sites excluding steroid dienone is 1. The number of carbonyl (C=O) groups is 4. The predicted octanol–water partition coefficient (Wildman–Crippen LogP) is 6.92. The van der Waals surface area contributed by atoms with Gasteiger partial charge >= 0.3 is 12.1 Å². The van der Waals surface area contributed by atoms with Crippen LogP contribution < -0.4 is 10.6 Å². The van der Waals surface area contributed by atoms with Gasteiger partial charge < -0.3 is 39.7 Å². The van der Waals surface area contributed by atoms with Gasteiger partial charge in [0.25, 0.3) is 5.91 Å². The summed E-state index contributed by atoms with van der Waals surface area (Å²) in [5.41, 5.74) is 6.33. The molecule has 4 saturated heterocycles. The molecule has 0 saturated carbocycles. The number of aliphatic hydroxyl groups is 1. The Morgan fingerprint density at radius 3 is 2.38 bits per heavy atom. The standard InChI is InChI=1S/C52H67FN10O6/c1-6-36(29-62-21-16-47(65)58-52(62)68)50(66)61(7-2)23-22-59-17-12-40(13-18-59)69-41-14-19-60(20-15-41)28-35-8-10-37(11-9-35)45-27-43-48(54-32-55-49(43)56-45)42-25-39(53)26-44(34(42)5)57-51(67)63-30-38(24-33(3)4)46(64)31-63/h6-11,25-27,32-33,38,40-41,46,64H,2,12-24,28-31H2,1,3-5H3,(H,57,67)(H,54,55,56)(H,58,65,68)/b36-6-/t38-,46-/m0/s1. The molecule has 0 bridgehead atoms. The first-order valence-electron chi connectivity index (χ1n) is 24.5. The van der Waals surface area contributed by atoms with Crippen molar-refractivity contribution in [2.75, 3.05) is 70.8 Å². The number of halogens is 1. The molecule has 16 nitrogen and oxygen atoms in total. The van der Waals surface area contributed by atoms with Gasteiger partial charge in [-0.1, -0.05) is 50.8 Å². The Kier molecular flexibility index (Phi) is 15.9. The molecular formula is C52H67FN10O6. The van der Waals surface area contributed by atoms with Gasteiger partial charge in [0.15, 0.2) is 0 Å². The summed E-state index contributed by atoms with van der Waals surface area (Å²) in [4.78, 5) is 72.5. The minimum absolute atomic E-state index is 0.0106. The SMILES string of the molecule is C=CN(CCN1CCC(OC2CCN(Cc3ccc(-c4cc5c(-c6cc(F)cc(NC(=O)N7C[C@H](CC(C)C)[C@@H](O)C7)c6C)ncnc5[nH]4)cc3)CC2)CC1)C(=O)/C(=C\C)CN1CCC(=O)NC1=O. The van der Waals surface area contributed by atoms with Gasteiger partial charge in [0.1, 0.15) is 17.8 Å². The maximum absolute atomic E-state index is 15.2. The average Bonchev–Trinajstić information content (AvgIpc) is 3.94. The number of benzene rings is 2. The number of nitrogens with zero attached hydrogens (tertiary/aromatic N) is 7. The number of aromatic amines is 1. The summed E-state index contributed by atoms with van der Waals surface area (Å²) in [5.74, 6) is -0.574. The third-order valence-corrected chi connectivity index (χ3v) is 14.2. The molecule has 17 heteroatoms. The lowest BCUT2D eigenvalue weighted by atomic mass is 9.95. The highest BCUT2D eigenvalue weighted by molar-refractivity contribution is 5.99. The Morgan fingerprint density at radius 1 is 1.00 bits per heavy atom. The van der Waals surface area contributed by atoms with Gasteiger partial charge in [0, 0.05) is 106 Å². The van der Waals surface area contributed by atoms with E-state index in [0.717, 1.165) is 81.5 Å². The summed E-state index contributed by atoms with van der Waals surface area (Å²) >= 11 is 0. The Hall–Kier alpha value is -6.01. The van der Waals surface area contributed by atoms with E-state index in [0.29, 0.717) is 59.3 Å². The van der Waals surface area contributed by atoms with Crippen LogP contribution >= 0.6 is 0 Å². The first kappa shape index (κ1) is 49.4. The number of hydrogen-bond acceptors (Lipinski definition) is 10. The van der Waals surface area contributed by atoms with Crippen molar-refractivity contribution in [3.05, 3.63) is 90.2 Å². The zero-order valence-electron chi connectivity index (χ0n) is 40.4. The quantitative estimate of drug-likeness (QED) is 0.0863. The molecule has 368 valence electrons. The molecule has 4 fully saturated rings. The molecule has 69 heavy (non-hydrogen) atoms. The number of carbonyl (C=O) groups excluding carboxylic acids is 4. The zero-order chi connectivity index (χ0) is 48.8. The summed E-state index contributed by atoms with van der Waals surface area (Å²) < 4.78 is 21.9. The van der Waals surface area contributed by atoms with Crippen LogP contribution in [0.2, 0.25) is 0 Å². The molecule has 6 heterocycles. The van der Waals surface area contributed by atoms with E-state index in [1.165, 1.54) is 28.9 Å². The average molecular weight is 947 g/mol. The molecule has 4 aliphatic rings. The second-order valence-electron chi connectivity index (χ2n) is 19.5. The minimum Gasteiger partial charge on any atom is -0.391 e. The van der Waals surface area contributed by atoms with Crippen molar-refractivity contribution < 1.29 is 33.4 Å². The van der Waals surface area contributed by atoms with Gasteiger partial charge in [-0.15, -0.1) is 0 Å². The maximum Gasteiger partial charge on any atom is 0.324 e. The van der Waals surface area contributed by atoms with Crippen molar-refractivity contribution in [1.29, 1.82) is 0 Å². The number of urea groups is 2. The summed E-state index contributed by atoms with van der Waals surface area (Å²) in [6.07, 6.45) is 9.49. The van der Waals surface area contributed by atoms with E-state index in [4.69, 9.17) is 4.74 Å². The van der Waals surface area contributed by atoms with Crippen LogP contribution in [0.4, 0.5) is 19.7 Å². The largest absolute Gasteiger partial charge is 0.391 e. The van der Waals surface area contributed by atoms with Gasteiger partial charge in [-0.05, 0) is 93.0 Å². The fourth-order valence-electron chi connectivity index (χ4n) is 10.2. The number of likely N-dealkylation sites (tertiary alicyclic amines) is 3.